The number of nitrogens with two attached hydrogens (primary N) is 1. The van der Waals surface area contributed by atoms with Crippen molar-refractivity contribution in [3.63, 3.8) is 0 Å². The molecule has 0 fully saturated rings. The second-order valence-electron chi connectivity index (χ2n) is 6.18. The number of ether oxygens (including phenoxy) is 1. The normalized spacial score (nSPS) is 11.5. The monoisotopic (exact) mass is 286 g/mol. The Balaban J connectivity index is 2.42. The molecule has 0 saturated heterocycles. The lowest BCUT2D eigenvalue weighted by molar-refractivity contribution is 0.427. The zero-order valence-corrected chi connectivity index (χ0v) is 13.2. The number of benzene rings is 1. The van der Waals surface area contributed by atoms with Gasteiger partial charge in [-0.2, -0.15) is 5.10 Å². The SMILES string of the molecule is Cc1nn(C)c(Oc2cccc(C(C)(C)C)c2)c1C(=N)N. The lowest BCUT2D eigenvalue weighted by Gasteiger charge is -2.19. The Kier molecular flexibility index (Phi) is 3.77. The van der Waals surface area contributed by atoms with Gasteiger partial charge >= 0.3 is 0 Å². The summed E-state index contributed by atoms with van der Waals surface area (Å²) in [5, 5.41) is 12.0. The highest BCUT2D eigenvalue weighted by molar-refractivity contribution is 5.98. The van der Waals surface area contributed by atoms with Crippen molar-refractivity contribution in [2.45, 2.75) is 33.1 Å². The maximum atomic E-state index is 7.68. The van der Waals surface area contributed by atoms with Gasteiger partial charge in [0.25, 0.3) is 0 Å². The molecule has 3 N–H and O–H groups in total. The molecular weight excluding hydrogens is 264 g/mol. The Bertz CT molecular complexity index is 680. The predicted octanol–water partition coefficient (Wildman–Crippen LogP) is 3.10. The summed E-state index contributed by atoms with van der Waals surface area (Å²) in [6.07, 6.45) is 0. The van der Waals surface area contributed by atoms with E-state index in [-0.39, 0.29) is 11.3 Å². The summed E-state index contributed by atoms with van der Waals surface area (Å²) in [5.41, 5.74) is 8.09. The molecule has 0 spiro atoms. The van der Waals surface area contributed by atoms with E-state index in [0.29, 0.717) is 22.9 Å². The van der Waals surface area contributed by atoms with Crippen molar-refractivity contribution in [1.29, 1.82) is 5.41 Å². The second kappa shape index (κ2) is 5.24. The Labute approximate surface area is 125 Å². The van der Waals surface area contributed by atoms with Crippen LogP contribution >= 0.6 is 0 Å². The molecule has 21 heavy (non-hydrogen) atoms. The molecule has 5 nitrogen and oxygen atoms in total. The summed E-state index contributed by atoms with van der Waals surface area (Å²) in [4.78, 5) is 0. The fourth-order valence-corrected chi connectivity index (χ4v) is 2.20. The average Bonchev–Trinajstić information content (AvgIpc) is 2.63. The van der Waals surface area contributed by atoms with Crippen molar-refractivity contribution in [2.24, 2.45) is 12.8 Å². The largest absolute Gasteiger partial charge is 0.438 e. The molecule has 1 heterocycles. The van der Waals surface area contributed by atoms with Crippen LogP contribution in [-0.4, -0.2) is 15.6 Å². The minimum atomic E-state index is -0.0393. The van der Waals surface area contributed by atoms with Gasteiger partial charge in [-0.25, -0.2) is 4.68 Å². The standard InChI is InChI=1S/C16H22N4O/c1-10-13(14(17)18)15(20(5)19-10)21-12-8-6-7-11(9-12)16(2,3)4/h6-9H,1-5H3,(H3,17,18). The van der Waals surface area contributed by atoms with Crippen molar-refractivity contribution in [2.75, 3.05) is 0 Å². The number of aromatic nitrogens is 2. The molecule has 0 aliphatic carbocycles. The lowest BCUT2D eigenvalue weighted by Crippen LogP contribution is -2.13. The fourth-order valence-electron chi connectivity index (χ4n) is 2.20. The van der Waals surface area contributed by atoms with Gasteiger partial charge in [-0.3, -0.25) is 5.41 Å². The molecule has 0 aliphatic heterocycles. The Morgan fingerprint density at radius 2 is 2.00 bits per heavy atom. The zero-order chi connectivity index (χ0) is 15.8. The van der Waals surface area contributed by atoms with E-state index in [1.165, 1.54) is 5.56 Å². The number of amidine groups is 1. The fraction of sp³-hybridized carbons (Fsp3) is 0.375. The molecule has 0 aliphatic rings. The van der Waals surface area contributed by atoms with E-state index >= 15 is 0 Å². The van der Waals surface area contributed by atoms with Gasteiger partial charge < -0.3 is 10.5 Å². The van der Waals surface area contributed by atoms with Crippen LogP contribution in [0.2, 0.25) is 0 Å². The molecule has 0 bridgehead atoms. The van der Waals surface area contributed by atoms with Crippen LogP contribution in [-0.2, 0) is 12.5 Å². The number of nitrogens with one attached hydrogen (secondary N) is 1. The van der Waals surface area contributed by atoms with Crippen molar-refractivity contribution < 1.29 is 4.74 Å². The third-order valence-corrected chi connectivity index (χ3v) is 3.35. The lowest BCUT2D eigenvalue weighted by atomic mass is 9.87. The highest BCUT2D eigenvalue weighted by Gasteiger charge is 2.19. The number of hydrogen-bond donors (Lipinski definition) is 2. The summed E-state index contributed by atoms with van der Waals surface area (Å²) >= 11 is 0. The third-order valence-electron chi connectivity index (χ3n) is 3.35. The number of rotatable bonds is 3. The van der Waals surface area contributed by atoms with E-state index in [9.17, 15) is 0 Å². The maximum absolute atomic E-state index is 7.68. The van der Waals surface area contributed by atoms with Crippen LogP contribution in [0.15, 0.2) is 24.3 Å². The molecule has 5 heteroatoms. The first-order valence-electron chi connectivity index (χ1n) is 6.86. The van der Waals surface area contributed by atoms with Crippen molar-refractivity contribution in [3.8, 4) is 11.6 Å². The average molecular weight is 286 g/mol. The number of hydrogen-bond acceptors (Lipinski definition) is 3. The number of nitrogen functional groups attached to an aromatic ring is 1. The Hall–Kier alpha value is -2.30. The molecular formula is C16H22N4O. The molecule has 0 unspecified atom stereocenters. The summed E-state index contributed by atoms with van der Waals surface area (Å²) < 4.78 is 7.54. The third kappa shape index (κ3) is 3.07. The first kappa shape index (κ1) is 15.1. The van der Waals surface area contributed by atoms with Crippen LogP contribution < -0.4 is 10.5 Å². The highest BCUT2D eigenvalue weighted by Crippen LogP contribution is 2.30. The van der Waals surface area contributed by atoms with Crippen LogP contribution in [0.3, 0.4) is 0 Å². The van der Waals surface area contributed by atoms with Gasteiger partial charge in [0, 0.05) is 7.05 Å². The summed E-state index contributed by atoms with van der Waals surface area (Å²) in [6.45, 7) is 8.28. The molecule has 2 rings (SSSR count). The van der Waals surface area contributed by atoms with Gasteiger partial charge in [0.15, 0.2) is 0 Å². The van der Waals surface area contributed by atoms with Gasteiger partial charge in [-0.05, 0) is 30.0 Å². The first-order valence-corrected chi connectivity index (χ1v) is 6.86. The minimum absolute atomic E-state index is 0.0393. The summed E-state index contributed by atoms with van der Waals surface area (Å²) in [6, 6.07) is 7.94. The van der Waals surface area contributed by atoms with Crippen molar-refractivity contribution in [1.82, 2.24) is 9.78 Å². The predicted molar refractivity (Wildman–Crippen MR) is 84.2 cm³/mol. The second-order valence-corrected chi connectivity index (χ2v) is 6.18. The minimum Gasteiger partial charge on any atom is -0.438 e. The van der Waals surface area contributed by atoms with E-state index in [1.807, 2.05) is 25.1 Å². The quantitative estimate of drug-likeness (QED) is 0.672. The van der Waals surface area contributed by atoms with Crippen LogP contribution in [0.5, 0.6) is 11.6 Å². The van der Waals surface area contributed by atoms with Crippen LogP contribution in [0, 0.1) is 12.3 Å². The van der Waals surface area contributed by atoms with Crippen LogP contribution in [0.1, 0.15) is 37.6 Å². The Morgan fingerprint density at radius 3 is 2.57 bits per heavy atom. The van der Waals surface area contributed by atoms with Gasteiger partial charge in [-0.15, -0.1) is 0 Å². The van der Waals surface area contributed by atoms with Crippen molar-refractivity contribution in [3.05, 3.63) is 41.1 Å². The molecule has 0 amide bonds. The first-order chi connectivity index (χ1) is 9.70. The molecule has 2 aromatic rings. The molecule has 0 radical (unpaired) electrons. The number of aryl methyl sites for hydroxylation is 2. The van der Waals surface area contributed by atoms with E-state index in [4.69, 9.17) is 15.9 Å². The van der Waals surface area contributed by atoms with Gasteiger partial charge in [0.1, 0.15) is 17.1 Å². The zero-order valence-electron chi connectivity index (χ0n) is 13.2. The summed E-state index contributed by atoms with van der Waals surface area (Å²) in [7, 11) is 1.78. The van der Waals surface area contributed by atoms with Crippen LogP contribution in [0.25, 0.3) is 0 Å². The summed E-state index contributed by atoms with van der Waals surface area (Å²) in [5.74, 6) is 1.17. The van der Waals surface area contributed by atoms with Gasteiger partial charge in [0.05, 0.1) is 5.69 Å². The van der Waals surface area contributed by atoms with E-state index < -0.39 is 0 Å². The molecule has 1 aromatic heterocycles. The maximum Gasteiger partial charge on any atom is 0.228 e. The van der Waals surface area contributed by atoms with E-state index in [2.05, 4.69) is 31.9 Å². The topological polar surface area (TPSA) is 76.9 Å². The molecule has 112 valence electrons. The molecule has 1 aromatic carbocycles. The highest BCUT2D eigenvalue weighted by atomic mass is 16.5. The van der Waals surface area contributed by atoms with Gasteiger partial charge in [-0.1, -0.05) is 32.9 Å². The molecule has 0 saturated carbocycles. The van der Waals surface area contributed by atoms with Gasteiger partial charge in [0.2, 0.25) is 5.88 Å². The van der Waals surface area contributed by atoms with Crippen LogP contribution in [0.4, 0.5) is 0 Å². The van der Waals surface area contributed by atoms with E-state index in [1.54, 1.807) is 11.7 Å². The number of nitrogens with zero attached hydrogens (tertiary/aromatic N) is 2. The smallest absolute Gasteiger partial charge is 0.228 e. The Morgan fingerprint density at radius 1 is 1.33 bits per heavy atom. The van der Waals surface area contributed by atoms with E-state index in [0.717, 1.165) is 0 Å². The molecule has 0 atom stereocenters. The van der Waals surface area contributed by atoms with Crippen molar-refractivity contribution >= 4 is 5.84 Å².